The molecule has 0 bridgehead atoms. The highest BCUT2D eigenvalue weighted by molar-refractivity contribution is 6.30. The van der Waals surface area contributed by atoms with Crippen molar-refractivity contribution in [3.63, 3.8) is 0 Å². The summed E-state index contributed by atoms with van der Waals surface area (Å²) in [6.07, 6.45) is 2.25. The molecule has 120 valence electrons. The molecule has 1 aromatic carbocycles. The lowest BCUT2D eigenvalue weighted by Crippen LogP contribution is -2.42. The molecule has 6 heteroatoms. The first-order valence-electron chi connectivity index (χ1n) is 7.92. The van der Waals surface area contributed by atoms with Crippen molar-refractivity contribution in [1.29, 1.82) is 0 Å². The molecule has 2 heterocycles. The third-order valence-electron chi connectivity index (χ3n) is 4.43. The van der Waals surface area contributed by atoms with Gasteiger partial charge < -0.3 is 9.64 Å². The Balaban J connectivity index is 1.47. The van der Waals surface area contributed by atoms with Crippen molar-refractivity contribution in [1.82, 2.24) is 15.1 Å². The molecule has 2 fully saturated rings. The van der Waals surface area contributed by atoms with Crippen LogP contribution in [0, 0.1) is 0 Å². The van der Waals surface area contributed by atoms with Gasteiger partial charge >= 0.3 is 0 Å². The van der Waals surface area contributed by atoms with Crippen LogP contribution in [0.4, 0.5) is 0 Å². The molecule has 1 atom stereocenters. The van der Waals surface area contributed by atoms with E-state index >= 15 is 0 Å². The number of halogens is 1. The van der Waals surface area contributed by atoms with Crippen LogP contribution in [-0.4, -0.2) is 40.7 Å². The molecule has 0 radical (unpaired) electrons. The van der Waals surface area contributed by atoms with Gasteiger partial charge in [-0.25, -0.2) is 0 Å². The minimum atomic E-state index is -0.119. The van der Waals surface area contributed by atoms with E-state index < -0.39 is 0 Å². The van der Waals surface area contributed by atoms with Crippen LogP contribution in [0.5, 0.6) is 0 Å². The molecule has 4 rings (SSSR count). The van der Waals surface area contributed by atoms with Crippen LogP contribution < -0.4 is 0 Å². The van der Waals surface area contributed by atoms with Gasteiger partial charge in [0.25, 0.3) is 5.91 Å². The molecule has 1 unspecified atom stereocenters. The number of ether oxygens (including phenoxy) is 1. The normalized spacial score (nSPS) is 21.4. The molecular weight excluding hydrogens is 314 g/mol. The first-order chi connectivity index (χ1) is 11.2. The number of hydrogen-bond donors (Lipinski definition) is 1. The van der Waals surface area contributed by atoms with Crippen LogP contribution in [0.25, 0.3) is 0 Å². The number of benzene rings is 1. The maximum atomic E-state index is 12.7. The van der Waals surface area contributed by atoms with E-state index in [4.69, 9.17) is 16.3 Å². The average molecular weight is 332 g/mol. The molecule has 2 aromatic rings. The second-order valence-corrected chi connectivity index (χ2v) is 6.58. The van der Waals surface area contributed by atoms with Crippen molar-refractivity contribution in [2.75, 3.05) is 19.7 Å². The number of carbonyl (C=O) groups excluding carboxylic acids is 1. The summed E-state index contributed by atoms with van der Waals surface area (Å²) < 4.78 is 5.81. The molecule has 0 spiro atoms. The summed E-state index contributed by atoms with van der Waals surface area (Å²) in [7, 11) is 0. The first kappa shape index (κ1) is 14.7. The largest absolute Gasteiger partial charge is 0.370 e. The van der Waals surface area contributed by atoms with Gasteiger partial charge in [0.2, 0.25) is 0 Å². The Morgan fingerprint density at radius 3 is 2.83 bits per heavy atom. The summed E-state index contributed by atoms with van der Waals surface area (Å²) in [5, 5.41) is 7.88. The smallest absolute Gasteiger partial charge is 0.274 e. The Labute approximate surface area is 139 Å². The number of nitrogens with one attached hydrogen (secondary N) is 1. The summed E-state index contributed by atoms with van der Waals surface area (Å²) in [6.45, 7) is 1.65. The van der Waals surface area contributed by atoms with Gasteiger partial charge in [-0.1, -0.05) is 23.7 Å². The van der Waals surface area contributed by atoms with Crippen molar-refractivity contribution in [3.05, 3.63) is 52.3 Å². The Hall–Kier alpha value is -1.85. The van der Waals surface area contributed by atoms with Crippen LogP contribution in [0.1, 0.15) is 46.6 Å². The van der Waals surface area contributed by atoms with Crippen LogP contribution in [0.2, 0.25) is 5.02 Å². The predicted octanol–water partition coefficient (Wildman–Crippen LogP) is 3.15. The third kappa shape index (κ3) is 3.12. The number of nitrogens with zero attached hydrogens (tertiary/aromatic N) is 2. The minimum Gasteiger partial charge on any atom is -0.370 e. The van der Waals surface area contributed by atoms with Gasteiger partial charge in [0.1, 0.15) is 11.8 Å². The molecule has 1 saturated carbocycles. The molecule has 2 aliphatic rings. The SMILES string of the molecule is O=C(c1cc(C2CC2)[nH]n1)N1CCOC(c2ccc(Cl)cc2)C1. The van der Waals surface area contributed by atoms with Crippen LogP contribution in [0.3, 0.4) is 0 Å². The van der Waals surface area contributed by atoms with E-state index in [1.165, 1.54) is 12.8 Å². The van der Waals surface area contributed by atoms with Crippen molar-refractivity contribution >= 4 is 17.5 Å². The molecule has 5 nitrogen and oxygen atoms in total. The van der Waals surface area contributed by atoms with E-state index in [2.05, 4.69) is 10.2 Å². The number of H-pyrrole nitrogens is 1. The zero-order chi connectivity index (χ0) is 15.8. The van der Waals surface area contributed by atoms with Gasteiger partial charge in [-0.05, 0) is 36.6 Å². The van der Waals surface area contributed by atoms with Gasteiger partial charge in [0, 0.05) is 23.2 Å². The monoisotopic (exact) mass is 331 g/mol. The molecular formula is C17H18ClN3O2. The first-order valence-corrected chi connectivity index (χ1v) is 8.30. The Morgan fingerprint density at radius 2 is 2.09 bits per heavy atom. The minimum absolute atomic E-state index is 0.0320. The van der Waals surface area contributed by atoms with E-state index in [9.17, 15) is 4.79 Å². The average Bonchev–Trinajstić information content (AvgIpc) is 3.32. The zero-order valence-electron chi connectivity index (χ0n) is 12.7. The lowest BCUT2D eigenvalue weighted by Gasteiger charge is -2.32. The van der Waals surface area contributed by atoms with Crippen molar-refractivity contribution in [2.24, 2.45) is 0 Å². The van der Waals surface area contributed by atoms with Gasteiger partial charge in [-0.15, -0.1) is 0 Å². The quantitative estimate of drug-likeness (QED) is 0.940. The Bertz CT molecular complexity index is 709. The molecule has 1 amide bonds. The number of aromatic amines is 1. The standard InChI is InChI=1S/C17H18ClN3O2/c18-13-5-3-12(4-6-13)16-10-21(7-8-23-16)17(22)15-9-14(19-20-15)11-1-2-11/h3-6,9,11,16H,1-2,7-8,10H2,(H,19,20). The molecule has 1 aliphatic heterocycles. The highest BCUT2D eigenvalue weighted by Gasteiger charge is 2.30. The number of hydrogen-bond acceptors (Lipinski definition) is 3. The number of amides is 1. The van der Waals surface area contributed by atoms with E-state index in [1.807, 2.05) is 35.2 Å². The second kappa shape index (κ2) is 5.98. The van der Waals surface area contributed by atoms with E-state index in [1.54, 1.807) is 0 Å². The fraction of sp³-hybridized carbons (Fsp3) is 0.412. The van der Waals surface area contributed by atoms with Crippen LogP contribution >= 0.6 is 11.6 Å². The van der Waals surface area contributed by atoms with Crippen molar-refractivity contribution < 1.29 is 9.53 Å². The lowest BCUT2D eigenvalue weighted by atomic mass is 10.1. The topological polar surface area (TPSA) is 58.2 Å². The fourth-order valence-electron chi connectivity index (χ4n) is 2.92. The van der Waals surface area contributed by atoms with Gasteiger partial charge in [0.15, 0.2) is 0 Å². The van der Waals surface area contributed by atoms with Crippen LogP contribution in [0.15, 0.2) is 30.3 Å². The molecule has 1 N–H and O–H groups in total. The summed E-state index contributed by atoms with van der Waals surface area (Å²) in [5.74, 6) is 0.533. The lowest BCUT2D eigenvalue weighted by molar-refractivity contribution is -0.0230. The molecule has 1 aliphatic carbocycles. The van der Waals surface area contributed by atoms with Gasteiger partial charge in [0.05, 0.1) is 13.2 Å². The van der Waals surface area contributed by atoms with E-state index in [-0.39, 0.29) is 12.0 Å². The molecule has 23 heavy (non-hydrogen) atoms. The van der Waals surface area contributed by atoms with Gasteiger partial charge in [-0.3, -0.25) is 9.89 Å². The maximum absolute atomic E-state index is 12.7. The summed E-state index contributed by atoms with van der Waals surface area (Å²) in [4.78, 5) is 14.5. The Kier molecular flexibility index (Phi) is 3.83. The molecule has 1 aromatic heterocycles. The Morgan fingerprint density at radius 1 is 1.30 bits per heavy atom. The van der Waals surface area contributed by atoms with E-state index in [0.717, 1.165) is 11.3 Å². The van der Waals surface area contributed by atoms with Crippen molar-refractivity contribution in [3.8, 4) is 0 Å². The number of carbonyl (C=O) groups is 1. The number of aromatic nitrogens is 2. The number of morpholine rings is 1. The summed E-state index contributed by atoms with van der Waals surface area (Å²) >= 11 is 5.93. The van der Waals surface area contributed by atoms with Crippen LogP contribution in [-0.2, 0) is 4.74 Å². The van der Waals surface area contributed by atoms with Gasteiger partial charge in [-0.2, -0.15) is 5.10 Å². The number of rotatable bonds is 3. The predicted molar refractivity (Wildman–Crippen MR) is 86.6 cm³/mol. The summed E-state index contributed by atoms with van der Waals surface area (Å²) in [5.41, 5.74) is 2.62. The maximum Gasteiger partial charge on any atom is 0.274 e. The highest BCUT2D eigenvalue weighted by atomic mass is 35.5. The van der Waals surface area contributed by atoms with E-state index in [0.29, 0.717) is 36.3 Å². The zero-order valence-corrected chi connectivity index (χ0v) is 13.4. The highest BCUT2D eigenvalue weighted by Crippen LogP contribution is 2.39. The van der Waals surface area contributed by atoms with Crippen molar-refractivity contribution in [2.45, 2.75) is 24.9 Å². The second-order valence-electron chi connectivity index (χ2n) is 6.14. The molecule has 1 saturated heterocycles. The fourth-order valence-corrected chi connectivity index (χ4v) is 3.05. The third-order valence-corrected chi connectivity index (χ3v) is 4.68. The summed E-state index contributed by atoms with van der Waals surface area (Å²) in [6, 6.07) is 9.47.